The van der Waals surface area contributed by atoms with Crippen molar-refractivity contribution in [2.45, 2.75) is 58.9 Å². The third-order valence-corrected chi connectivity index (χ3v) is 4.54. The zero-order valence-electron chi connectivity index (χ0n) is 15.2. The summed E-state index contributed by atoms with van der Waals surface area (Å²) in [6.07, 6.45) is 2.30. The van der Waals surface area contributed by atoms with E-state index in [1.165, 1.54) is 6.92 Å². The number of rotatable bonds is 7. The molecule has 0 radical (unpaired) electrons. The van der Waals surface area contributed by atoms with Crippen LogP contribution in [0.5, 0.6) is 0 Å². The average Bonchev–Trinajstić information content (AvgIpc) is 2.52. The van der Waals surface area contributed by atoms with E-state index in [2.05, 4.69) is 10.6 Å². The van der Waals surface area contributed by atoms with Gasteiger partial charge in [0.15, 0.2) is 0 Å². The lowest BCUT2D eigenvalue weighted by molar-refractivity contribution is -0.147. The number of hydrogen-bond acceptors (Lipinski definition) is 3. The molecular weight excluding hydrogens is 310 g/mol. The highest BCUT2D eigenvalue weighted by Crippen LogP contribution is 2.20. The Morgan fingerprint density at radius 2 is 2.00 bits per heavy atom. The number of aliphatic carboxylic acids is 1. The molecule has 0 aromatic carbocycles. The highest BCUT2D eigenvalue weighted by molar-refractivity contribution is 5.86. The standard InChI is InChI=1S/C17H31N3O4/c1-5-17(4,15(22)23)19-14(21)9-13-7-6-8-20(11-13)16(24)18-10-12(2)3/h12-13H,5-11H2,1-4H3,(H,18,24)(H,19,21)(H,22,23). The first kappa shape index (κ1) is 20.3. The monoisotopic (exact) mass is 341 g/mol. The molecule has 3 N–H and O–H groups in total. The van der Waals surface area contributed by atoms with Crippen LogP contribution in [0.15, 0.2) is 0 Å². The Labute approximate surface area is 144 Å². The van der Waals surface area contributed by atoms with E-state index in [1.54, 1.807) is 11.8 Å². The summed E-state index contributed by atoms with van der Waals surface area (Å²) >= 11 is 0. The second-order valence-corrected chi connectivity index (χ2v) is 7.28. The number of likely N-dealkylation sites (tertiary alicyclic amines) is 1. The largest absolute Gasteiger partial charge is 0.480 e. The maximum atomic E-state index is 12.2. The molecule has 0 aromatic heterocycles. The molecule has 1 rings (SSSR count). The van der Waals surface area contributed by atoms with Gasteiger partial charge in [-0.3, -0.25) is 4.79 Å². The number of carboxylic acid groups (broad SMARTS) is 1. The van der Waals surface area contributed by atoms with Crippen LogP contribution in [0.4, 0.5) is 4.79 Å². The third kappa shape index (κ3) is 6.02. The number of carbonyl (C=O) groups excluding carboxylic acids is 2. The van der Waals surface area contributed by atoms with Crippen LogP contribution in [0.2, 0.25) is 0 Å². The summed E-state index contributed by atoms with van der Waals surface area (Å²) in [7, 11) is 0. The molecule has 7 heteroatoms. The van der Waals surface area contributed by atoms with Crippen LogP contribution in [0.3, 0.4) is 0 Å². The molecule has 0 aliphatic carbocycles. The van der Waals surface area contributed by atoms with Crippen molar-refractivity contribution in [3.05, 3.63) is 0 Å². The summed E-state index contributed by atoms with van der Waals surface area (Å²) in [5.41, 5.74) is -1.24. The van der Waals surface area contributed by atoms with Gasteiger partial charge in [-0.1, -0.05) is 20.8 Å². The molecule has 1 aliphatic heterocycles. The van der Waals surface area contributed by atoms with E-state index in [0.29, 0.717) is 32.0 Å². The highest BCUT2D eigenvalue weighted by atomic mass is 16.4. The predicted octanol–water partition coefficient (Wildman–Crippen LogP) is 1.82. The number of nitrogens with zero attached hydrogens (tertiary/aromatic N) is 1. The van der Waals surface area contributed by atoms with Gasteiger partial charge in [-0.05, 0) is 38.0 Å². The average molecular weight is 341 g/mol. The molecule has 1 heterocycles. The maximum absolute atomic E-state index is 12.2. The second-order valence-electron chi connectivity index (χ2n) is 7.28. The molecule has 0 aromatic rings. The van der Waals surface area contributed by atoms with Crippen molar-refractivity contribution in [3.63, 3.8) is 0 Å². The SMILES string of the molecule is CCC(C)(NC(=O)CC1CCCN(C(=O)NCC(C)C)C1)C(=O)O. The lowest BCUT2D eigenvalue weighted by Gasteiger charge is -2.33. The van der Waals surface area contributed by atoms with Gasteiger partial charge in [0.2, 0.25) is 5.91 Å². The first-order valence-electron chi connectivity index (χ1n) is 8.75. The third-order valence-electron chi connectivity index (χ3n) is 4.54. The summed E-state index contributed by atoms with van der Waals surface area (Å²) in [6.45, 7) is 9.19. The van der Waals surface area contributed by atoms with Crippen LogP contribution in [-0.2, 0) is 9.59 Å². The fourth-order valence-electron chi connectivity index (χ4n) is 2.73. The van der Waals surface area contributed by atoms with E-state index in [0.717, 1.165) is 12.8 Å². The smallest absolute Gasteiger partial charge is 0.329 e. The number of hydrogen-bond donors (Lipinski definition) is 3. The Morgan fingerprint density at radius 1 is 1.33 bits per heavy atom. The Balaban J connectivity index is 2.51. The minimum Gasteiger partial charge on any atom is -0.480 e. The van der Waals surface area contributed by atoms with Crippen molar-refractivity contribution in [2.75, 3.05) is 19.6 Å². The summed E-state index contributed by atoms with van der Waals surface area (Å²) in [5.74, 6) is -0.839. The number of carbonyl (C=O) groups is 3. The van der Waals surface area contributed by atoms with E-state index in [9.17, 15) is 19.5 Å². The molecule has 2 atom stereocenters. The van der Waals surface area contributed by atoms with E-state index >= 15 is 0 Å². The second kappa shape index (κ2) is 8.89. The van der Waals surface area contributed by atoms with Crippen molar-refractivity contribution in [1.82, 2.24) is 15.5 Å². The van der Waals surface area contributed by atoms with Crippen LogP contribution in [0, 0.1) is 11.8 Å². The highest BCUT2D eigenvalue weighted by Gasteiger charge is 2.34. The molecule has 24 heavy (non-hydrogen) atoms. The van der Waals surface area contributed by atoms with Gasteiger partial charge in [0.25, 0.3) is 0 Å². The zero-order chi connectivity index (χ0) is 18.3. The van der Waals surface area contributed by atoms with Gasteiger partial charge in [-0.15, -0.1) is 0 Å². The molecule has 0 spiro atoms. The van der Waals surface area contributed by atoms with Gasteiger partial charge < -0.3 is 20.6 Å². The summed E-state index contributed by atoms with van der Waals surface area (Å²) < 4.78 is 0. The number of carboxylic acids is 1. The minimum absolute atomic E-state index is 0.0680. The molecule has 0 bridgehead atoms. The molecule has 1 aliphatic rings. The fourth-order valence-corrected chi connectivity index (χ4v) is 2.73. The van der Waals surface area contributed by atoms with E-state index in [4.69, 9.17) is 0 Å². The van der Waals surface area contributed by atoms with Crippen molar-refractivity contribution < 1.29 is 19.5 Å². The number of amides is 3. The first-order valence-corrected chi connectivity index (χ1v) is 8.75. The molecule has 1 fully saturated rings. The fraction of sp³-hybridized carbons (Fsp3) is 0.824. The van der Waals surface area contributed by atoms with E-state index in [1.807, 2.05) is 13.8 Å². The quantitative estimate of drug-likeness (QED) is 0.658. The van der Waals surface area contributed by atoms with Crippen LogP contribution < -0.4 is 10.6 Å². The van der Waals surface area contributed by atoms with Crippen molar-refractivity contribution in [1.29, 1.82) is 0 Å². The molecule has 7 nitrogen and oxygen atoms in total. The van der Waals surface area contributed by atoms with Crippen LogP contribution in [0.25, 0.3) is 0 Å². The summed E-state index contributed by atoms with van der Waals surface area (Å²) in [5, 5.41) is 14.7. The molecule has 138 valence electrons. The van der Waals surface area contributed by atoms with Gasteiger partial charge in [-0.2, -0.15) is 0 Å². The minimum atomic E-state index is -1.24. The Bertz CT molecular complexity index is 467. The summed E-state index contributed by atoms with van der Waals surface area (Å²) in [6, 6.07) is -0.0854. The molecule has 0 saturated carbocycles. The topological polar surface area (TPSA) is 98.7 Å². The lowest BCUT2D eigenvalue weighted by Crippen LogP contribution is -2.53. The van der Waals surface area contributed by atoms with Gasteiger partial charge in [-0.25, -0.2) is 9.59 Å². The van der Waals surface area contributed by atoms with E-state index in [-0.39, 0.29) is 24.3 Å². The lowest BCUT2D eigenvalue weighted by atomic mass is 9.93. The molecule has 3 amide bonds. The van der Waals surface area contributed by atoms with E-state index < -0.39 is 11.5 Å². The Kier molecular flexibility index (Phi) is 7.51. The number of nitrogens with one attached hydrogen (secondary N) is 2. The maximum Gasteiger partial charge on any atom is 0.329 e. The number of piperidine rings is 1. The molecular formula is C17H31N3O4. The Morgan fingerprint density at radius 3 is 2.54 bits per heavy atom. The van der Waals surface area contributed by atoms with Crippen molar-refractivity contribution in [3.8, 4) is 0 Å². The Hall–Kier alpha value is -1.79. The molecule has 1 saturated heterocycles. The predicted molar refractivity (Wildman–Crippen MR) is 91.6 cm³/mol. The van der Waals surface area contributed by atoms with Gasteiger partial charge in [0.1, 0.15) is 5.54 Å². The van der Waals surface area contributed by atoms with Crippen molar-refractivity contribution >= 4 is 17.9 Å². The van der Waals surface area contributed by atoms with Crippen LogP contribution in [-0.4, -0.2) is 53.1 Å². The molecule has 2 unspecified atom stereocenters. The first-order chi connectivity index (χ1) is 11.2. The zero-order valence-corrected chi connectivity index (χ0v) is 15.2. The van der Waals surface area contributed by atoms with Gasteiger partial charge in [0.05, 0.1) is 0 Å². The van der Waals surface area contributed by atoms with Gasteiger partial charge in [0, 0.05) is 26.1 Å². The van der Waals surface area contributed by atoms with Gasteiger partial charge >= 0.3 is 12.0 Å². The van der Waals surface area contributed by atoms with Crippen LogP contribution in [0.1, 0.15) is 53.4 Å². The van der Waals surface area contributed by atoms with Crippen molar-refractivity contribution in [2.24, 2.45) is 11.8 Å². The summed E-state index contributed by atoms with van der Waals surface area (Å²) in [4.78, 5) is 37.3. The normalized spacial score (nSPS) is 20.4. The number of urea groups is 1. The van der Waals surface area contributed by atoms with Crippen LogP contribution >= 0.6 is 0 Å².